The topological polar surface area (TPSA) is 64.4 Å². The number of carbonyl (C=O) groups is 1. The lowest BCUT2D eigenvalue weighted by Gasteiger charge is -2.26. The van der Waals surface area contributed by atoms with Crippen LogP contribution in [0.2, 0.25) is 0 Å². The molecular weight excluding hydrogens is 228 g/mol. The first-order valence-electron chi connectivity index (χ1n) is 6.52. The lowest BCUT2D eigenvalue weighted by molar-refractivity contribution is -0.122. The third-order valence-corrected chi connectivity index (χ3v) is 3.15. The highest BCUT2D eigenvalue weighted by molar-refractivity contribution is 5.76. The molecule has 1 amide bonds. The Bertz CT molecular complexity index is 407. The molecule has 98 valence electrons. The maximum Gasteiger partial charge on any atom is 0.220 e. The Balaban J connectivity index is 1.92. The Labute approximate surface area is 108 Å². The van der Waals surface area contributed by atoms with E-state index in [4.69, 9.17) is 10.5 Å². The molecule has 0 bridgehead atoms. The number of amides is 1. The third-order valence-electron chi connectivity index (χ3n) is 3.15. The number of nitrogens with two attached hydrogens (primary N) is 1. The van der Waals surface area contributed by atoms with Gasteiger partial charge in [-0.1, -0.05) is 18.2 Å². The summed E-state index contributed by atoms with van der Waals surface area (Å²) in [7, 11) is 0. The van der Waals surface area contributed by atoms with E-state index >= 15 is 0 Å². The lowest BCUT2D eigenvalue weighted by Crippen LogP contribution is -2.32. The molecule has 4 nitrogen and oxygen atoms in total. The Morgan fingerprint density at radius 2 is 2.22 bits per heavy atom. The van der Waals surface area contributed by atoms with Gasteiger partial charge in [0.2, 0.25) is 5.91 Å². The Morgan fingerprint density at radius 1 is 1.39 bits per heavy atom. The molecule has 1 heterocycles. The summed E-state index contributed by atoms with van der Waals surface area (Å²) in [4.78, 5) is 11.8. The van der Waals surface area contributed by atoms with E-state index in [9.17, 15) is 4.79 Å². The van der Waals surface area contributed by atoms with Crippen LogP contribution in [0.3, 0.4) is 0 Å². The largest absolute Gasteiger partial charge is 0.493 e. The minimum absolute atomic E-state index is 0.0836. The van der Waals surface area contributed by atoms with Crippen LogP contribution in [-0.4, -0.2) is 19.1 Å². The van der Waals surface area contributed by atoms with Gasteiger partial charge in [-0.05, 0) is 25.5 Å². The Morgan fingerprint density at radius 3 is 3.06 bits per heavy atom. The van der Waals surface area contributed by atoms with Crippen LogP contribution in [0.4, 0.5) is 0 Å². The number of hydrogen-bond acceptors (Lipinski definition) is 3. The highest BCUT2D eigenvalue weighted by atomic mass is 16.5. The summed E-state index contributed by atoms with van der Waals surface area (Å²) in [6, 6.07) is 7.97. The molecule has 1 aliphatic heterocycles. The molecule has 0 spiro atoms. The third kappa shape index (κ3) is 3.23. The van der Waals surface area contributed by atoms with E-state index in [0.717, 1.165) is 30.6 Å². The second-order valence-electron chi connectivity index (χ2n) is 4.54. The first kappa shape index (κ1) is 12.9. The van der Waals surface area contributed by atoms with Crippen LogP contribution in [0, 0.1) is 0 Å². The summed E-state index contributed by atoms with van der Waals surface area (Å²) < 4.78 is 5.57. The molecule has 2 rings (SSSR count). The first-order valence-corrected chi connectivity index (χ1v) is 6.52. The van der Waals surface area contributed by atoms with Crippen molar-refractivity contribution in [1.29, 1.82) is 0 Å². The number of rotatable bonds is 5. The summed E-state index contributed by atoms with van der Waals surface area (Å²) in [6.07, 6.45) is 3.14. The van der Waals surface area contributed by atoms with E-state index in [0.29, 0.717) is 19.6 Å². The molecule has 0 aromatic heterocycles. The molecule has 0 aliphatic carbocycles. The molecule has 4 heteroatoms. The molecule has 18 heavy (non-hydrogen) atoms. The van der Waals surface area contributed by atoms with E-state index in [1.165, 1.54) is 0 Å². The van der Waals surface area contributed by atoms with Crippen molar-refractivity contribution in [3.63, 3.8) is 0 Å². The fourth-order valence-electron chi connectivity index (χ4n) is 2.19. The highest BCUT2D eigenvalue weighted by Crippen LogP contribution is 2.31. The van der Waals surface area contributed by atoms with E-state index in [1.54, 1.807) is 0 Å². The van der Waals surface area contributed by atoms with Crippen LogP contribution in [0.1, 0.15) is 37.3 Å². The molecule has 1 aromatic rings. The van der Waals surface area contributed by atoms with Gasteiger partial charge >= 0.3 is 0 Å². The summed E-state index contributed by atoms with van der Waals surface area (Å²) >= 11 is 0. The van der Waals surface area contributed by atoms with Gasteiger partial charge in [0.15, 0.2) is 0 Å². The maximum atomic E-state index is 11.8. The first-order chi connectivity index (χ1) is 8.81. The lowest BCUT2D eigenvalue weighted by atomic mass is 10.0. The molecule has 1 unspecified atom stereocenters. The zero-order chi connectivity index (χ0) is 12.8. The average Bonchev–Trinajstić information content (AvgIpc) is 2.39. The predicted molar refractivity (Wildman–Crippen MR) is 70.3 cm³/mol. The molecule has 1 atom stereocenters. The molecule has 3 N–H and O–H groups in total. The van der Waals surface area contributed by atoms with E-state index in [1.807, 2.05) is 24.3 Å². The van der Waals surface area contributed by atoms with Gasteiger partial charge in [-0.15, -0.1) is 0 Å². The molecule has 1 aliphatic rings. The van der Waals surface area contributed by atoms with Gasteiger partial charge in [0.25, 0.3) is 0 Å². The number of ether oxygens (including phenoxy) is 1. The summed E-state index contributed by atoms with van der Waals surface area (Å²) in [5, 5.41) is 3.07. The molecule has 1 aromatic carbocycles. The summed E-state index contributed by atoms with van der Waals surface area (Å²) in [6.45, 7) is 1.30. The smallest absolute Gasteiger partial charge is 0.220 e. The standard InChI is InChI=1S/C14H20N2O2/c15-9-4-3-7-14(17)16-12-8-10-18-13-6-2-1-5-11(12)13/h1-2,5-6,12H,3-4,7-10,15H2,(H,16,17). The van der Waals surface area contributed by atoms with Gasteiger partial charge < -0.3 is 15.8 Å². The van der Waals surface area contributed by atoms with Gasteiger partial charge in [0.1, 0.15) is 5.75 Å². The van der Waals surface area contributed by atoms with Gasteiger partial charge in [-0.25, -0.2) is 0 Å². The number of para-hydroxylation sites is 1. The summed E-state index contributed by atoms with van der Waals surface area (Å²) in [5.41, 5.74) is 6.49. The zero-order valence-electron chi connectivity index (χ0n) is 10.5. The maximum absolute atomic E-state index is 11.8. The molecule has 0 saturated heterocycles. The van der Waals surface area contributed by atoms with Crippen molar-refractivity contribution in [2.45, 2.75) is 31.7 Å². The second kappa shape index (κ2) is 6.40. The van der Waals surface area contributed by atoms with E-state index in [2.05, 4.69) is 5.32 Å². The van der Waals surface area contributed by atoms with E-state index < -0.39 is 0 Å². The number of unbranched alkanes of at least 4 members (excludes halogenated alkanes) is 1. The van der Waals surface area contributed by atoms with Gasteiger partial charge in [-0.2, -0.15) is 0 Å². The summed E-state index contributed by atoms with van der Waals surface area (Å²) in [5.74, 6) is 0.987. The number of fused-ring (bicyclic) bond motifs is 1. The van der Waals surface area contributed by atoms with Crippen LogP contribution < -0.4 is 15.8 Å². The molecule has 0 radical (unpaired) electrons. The quantitative estimate of drug-likeness (QED) is 0.780. The van der Waals surface area contributed by atoms with Crippen LogP contribution in [0.25, 0.3) is 0 Å². The molecule has 0 fully saturated rings. The van der Waals surface area contributed by atoms with Crippen molar-refractivity contribution < 1.29 is 9.53 Å². The van der Waals surface area contributed by atoms with Crippen LogP contribution in [0.15, 0.2) is 24.3 Å². The van der Waals surface area contributed by atoms with Crippen LogP contribution >= 0.6 is 0 Å². The number of hydrogen-bond donors (Lipinski definition) is 2. The average molecular weight is 248 g/mol. The molecule has 0 saturated carbocycles. The van der Waals surface area contributed by atoms with Gasteiger partial charge in [0.05, 0.1) is 12.6 Å². The van der Waals surface area contributed by atoms with Crippen molar-refractivity contribution in [2.24, 2.45) is 5.73 Å². The number of nitrogens with one attached hydrogen (secondary N) is 1. The minimum atomic E-state index is 0.0836. The minimum Gasteiger partial charge on any atom is -0.493 e. The Hall–Kier alpha value is -1.55. The number of benzene rings is 1. The van der Waals surface area contributed by atoms with Crippen molar-refractivity contribution in [3.8, 4) is 5.75 Å². The predicted octanol–water partition coefficient (Wildman–Crippen LogP) is 1.76. The van der Waals surface area contributed by atoms with E-state index in [-0.39, 0.29) is 11.9 Å². The van der Waals surface area contributed by atoms with Crippen molar-refractivity contribution in [3.05, 3.63) is 29.8 Å². The van der Waals surface area contributed by atoms with Crippen molar-refractivity contribution in [1.82, 2.24) is 5.32 Å². The second-order valence-corrected chi connectivity index (χ2v) is 4.54. The molecular formula is C14H20N2O2. The Kier molecular flexibility index (Phi) is 4.59. The normalized spacial score (nSPS) is 17.7. The van der Waals surface area contributed by atoms with Crippen LogP contribution in [-0.2, 0) is 4.79 Å². The van der Waals surface area contributed by atoms with Gasteiger partial charge in [0, 0.05) is 18.4 Å². The van der Waals surface area contributed by atoms with Crippen molar-refractivity contribution in [2.75, 3.05) is 13.2 Å². The monoisotopic (exact) mass is 248 g/mol. The SMILES string of the molecule is NCCCCC(=O)NC1CCOc2ccccc21. The fraction of sp³-hybridized carbons (Fsp3) is 0.500. The van der Waals surface area contributed by atoms with Gasteiger partial charge in [-0.3, -0.25) is 4.79 Å². The fourth-order valence-corrected chi connectivity index (χ4v) is 2.19. The van der Waals surface area contributed by atoms with Crippen molar-refractivity contribution >= 4 is 5.91 Å². The zero-order valence-corrected chi connectivity index (χ0v) is 10.5. The van der Waals surface area contributed by atoms with Crippen LogP contribution in [0.5, 0.6) is 5.75 Å². The number of carbonyl (C=O) groups excluding carboxylic acids is 1. The highest BCUT2D eigenvalue weighted by Gasteiger charge is 2.22.